The first-order valence-corrected chi connectivity index (χ1v) is 23.0. The number of aromatic carboxylic acids is 1. The van der Waals surface area contributed by atoms with Gasteiger partial charge in [-0.05, 0) is 124 Å². The number of halogens is 2. The van der Waals surface area contributed by atoms with Crippen LogP contribution >= 0.6 is 23.2 Å². The molecule has 8 aromatic carbocycles. The fourth-order valence-corrected chi connectivity index (χ4v) is 8.00. The lowest BCUT2D eigenvalue weighted by molar-refractivity contribution is -0.115. The Bertz CT molecular complexity index is 3160. The van der Waals surface area contributed by atoms with Gasteiger partial charge < -0.3 is 30.0 Å². The first-order chi connectivity index (χ1) is 33.8. The van der Waals surface area contributed by atoms with Gasteiger partial charge in [-0.2, -0.15) is 0 Å². The number of carbonyl (C=O) groups is 4. The molecule has 8 rings (SSSR count). The largest absolute Gasteiger partial charge is 0.488 e. The molecule has 0 saturated carbocycles. The number of anilines is 2. The molecule has 0 fully saturated rings. The maximum absolute atomic E-state index is 12.6. The third kappa shape index (κ3) is 13.3. The molecular weight excluding hydrogens is 924 g/mol. The van der Waals surface area contributed by atoms with Crippen molar-refractivity contribution in [1.29, 1.82) is 0 Å². The van der Waals surface area contributed by atoms with Crippen LogP contribution in [0, 0.1) is 0 Å². The van der Waals surface area contributed by atoms with E-state index >= 15 is 0 Å². The van der Waals surface area contributed by atoms with Gasteiger partial charge in [0.2, 0.25) is 11.8 Å². The van der Waals surface area contributed by atoms with Crippen LogP contribution in [-0.4, -0.2) is 35.5 Å². The number of carboxylic acids is 1. The highest BCUT2D eigenvalue weighted by Crippen LogP contribution is 2.42. The minimum Gasteiger partial charge on any atom is -0.488 e. The minimum atomic E-state index is -1.08. The van der Waals surface area contributed by atoms with Crippen LogP contribution in [0.2, 0.25) is 10.0 Å². The van der Waals surface area contributed by atoms with Crippen molar-refractivity contribution in [2.45, 2.75) is 34.0 Å². The van der Waals surface area contributed by atoms with E-state index in [1.54, 1.807) is 43.3 Å². The van der Waals surface area contributed by atoms with E-state index in [9.17, 15) is 24.3 Å². The van der Waals surface area contributed by atoms with E-state index in [2.05, 4.69) is 10.6 Å². The van der Waals surface area contributed by atoms with Crippen molar-refractivity contribution in [3.63, 3.8) is 0 Å². The highest BCUT2D eigenvalue weighted by Gasteiger charge is 2.19. The standard InChI is InChI=1S/C30H26ClNO4.C28H22ClNO4/c1-3-35-30(34)23-15-22(16-25(17-23)32-20(2)33)26-11-7-8-12-27(26)28-18-24(31)13-14-29(28)36-19-21-9-5-4-6-10-21;1-18(31)30-23-14-20(13-21(15-23)28(32)33)24-9-5-6-10-25(24)26-16-22(29)11-12-27(26)34-17-19-7-3-2-4-8-19/h4-18H,3,19H2,1-2H3,(H,32,33);2-16H,17H2,1H3,(H,30,31)(H,32,33). The quantitative estimate of drug-likeness (QED) is 0.0863. The zero-order valence-corrected chi connectivity index (χ0v) is 40.0. The van der Waals surface area contributed by atoms with Crippen molar-refractivity contribution in [3.8, 4) is 56.0 Å². The Balaban J connectivity index is 0.000000207. The van der Waals surface area contributed by atoms with Crippen molar-refractivity contribution in [3.05, 3.63) is 214 Å². The second kappa shape index (κ2) is 23.7. The molecule has 0 radical (unpaired) electrons. The molecular formula is C58H48Cl2N2O8. The first-order valence-electron chi connectivity index (χ1n) is 22.2. The number of hydrogen-bond acceptors (Lipinski definition) is 7. The summed E-state index contributed by atoms with van der Waals surface area (Å²) in [5, 5.41) is 16.2. The lowest BCUT2D eigenvalue weighted by atomic mass is 9.92. The highest BCUT2D eigenvalue weighted by atomic mass is 35.5. The van der Waals surface area contributed by atoms with E-state index in [0.29, 0.717) is 57.3 Å². The number of carbonyl (C=O) groups excluding carboxylic acids is 3. The second-order valence-corrected chi connectivity index (χ2v) is 16.8. The first kappa shape index (κ1) is 49.7. The van der Waals surface area contributed by atoms with Crippen molar-refractivity contribution < 1.29 is 38.5 Å². The van der Waals surface area contributed by atoms with Crippen molar-refractivity contribution >= 4 is 58.3 Å². The minimum absolute atomic E-state index is 0.0719. The topological polar surface area (TPSA) is 140 Å². The maximum atomic E-state index is 12.6. The van der Waals surface area contributed by atoms with Crippen LogP contribution in [-0.2, 0) is 27.5 Å². The fourth-order valence-electron chi connectivity index (χ4n) is 7.66. The van der Waals surface area contributed by atoms with Gasteiger partial charge >= 0.3 is 11.9 Å². The molecule has 0 aliphatic carbocycles. The van der Waals surface area contributed by atoms with E-state index in [1.165, 1.54) is 19.9 Å². The number of ether oxygens (including phenoxy) is 3. The van der Waals surface area contributed by atoms with Crippen molar-refractivity contribution in [2.24, 2.45) is 0 Å². The van der Waals surface area contributed by atoms with Gasteiger partial charge in [0, 0.05) is 46.4 Å². The van der Waals surface area contributed by atoms with Gasteiger partial charge in [0.25, 0.3) is 0 Å². The molecule has 10 nitrogen and oxygen atoms in total. The average Bonchev–Trinajstić information content (AvgIpc) is 3.36. The molecule has 0 aliphatic heterocycles. The Labute approximate surface area is 416 Å². The molecule has 0 heterocycles. The average molecular weight is 972 g/mol. The van der Waals surface area contributed by atoms with E-state index in [1.807, 2.05) is 140 Å². The Morgan fingerprint density at radius 3 is 1.29 bits per heavy atom. The summed E-state index contributed by atoms with van der Waals surface area (Å²) >= 11 is 12.8. The number of esters is 1. The molecule has 0 saturated heterocycles. The fraction of sp³-hybridized carbons (Fsp3) is 0.103. The van der Waals surface area contributed by atoms with Crippen LogP contribution < -0.4 is 20.1 Å². The Morgan fingerprint density at radius 1 is 0.471 bits per heavy atom. The predicted octanol–water partition coefficient (Wildman–Crippen LogP) is 14.3. The van der Waals surface area contributed by atoms with Gasteiger partial charge in [0.1, 0.15) is 24.7 Å². The lowest BCUT2D eigenvalue weighted by Gasteiger charge is -2.17. The van der Waals surface area contributed by atoms with Gasteiger partial charge in [-0.15, -0.1) is 0 Å². The van der Waals surface area contributed by atoms with Gasteiger partial charge in [-0.3, -0.25) is 9.59 Å². The molecule has 70 heavy (non-hydrogen) atoms. The van der Waals surface area contributed by atoms with Gasteiger partial charge in [-0.25, -0.2) is 9.59 Å². The van der Waals surface area contributed by atoms with Crippen molar-refractivity contribution in [2.75, 3.05) is 17.2 Å². The van der Waals surface area contributed by atoms with Gasteiger partial charge in [0.15, 0.2) is 0 Å². The molecule has 0 aromatic heterocycles. The van der Waals surface area contributed by atoms with E-state index < -0.39 is 11.9 Å². The number of hydrogen-bond donors (Lipinski definition) is 3. The Hall–Kier alpha value is -8.18. The second-order valence-electron chi connectivity index (χ2n) is 15.9. The van der Waals surface area contributed by atoms with Gasteiger partial charge in [-0.1, -0.05) is 132 Å². The number of amides is 2. The van der Waals surface area contributed by atoms with Crippen molar-refractivity contribution in [1.82, 2.24) is 0 Å². The molecule has 0 bridgehead atoms. The summed E-state index contributed by atoms with van der Waals surface area (Å²) in [5.74, 6) is -0.731. The molecule has 0 spiro atoms. The van der Waals surface area contributed by atoms with Gasteiger partial charge in [0.05, 0.1) is 17.7 Å². The predicted molar refractivity (Wildman–Crippen MR) is 278 cm³/mol. The molecule has 8 aromatic rings. The molecule has 0 atom stereocenters. The van der Waals surface area contributed by atoms with Crippen LogP contribution in [0.4, 0.5) is 11.4 Å². The summed E-state index contributed by atoms with van der Waals surface area (Å²) in [5.41, 5.74) is 9.73. The third-order valence-electron chi connectivity index (χ3n) is 10.7. The number of benzene rings is 8. The SMILES string of the molecule is CC(=O)Nc1cc(C(=O)O)cc(-c2ccccc2-c2cc(Cl)ccc2OCc2ccccc2)c1.CCOC(=O)c1cc(NC(C)=O)cc(-c2ccccc2-c2cc(Cl)ccc2OCc2ccccc2)c1. The molecule has 352 valence electrons. The zero-order chi connectivity index (χ0) is 49.6. The summed E-state index contributed by atoms with van der Waals surface area (Å²) < 4.78 is 17.6. The monoisotopic (exact) mass is 970 g/mol. The number of rotatable bonds is 15. The van der Waals surface area contributed by atoms with E-state index in [0.717, 1.165) is 50.1 Å². The molecule has 12 heteroatoms. The van der Waals surface area contributed by atoms with Crippen LogP contribution in [0.5, 0.6) is 11.5 Å². The molecule has 0 unspecified atom stereocenters. The molecule has 3 N–H and O–H groups in total. The third-order valence-corrected chi connectivity index (χ3v) is 11.1. The maximum Gasteiger partial charge on any atom is 0.338 e. The summed E-state index contributed by atoms with van der Waals surface area (Å²) in [6.45, 7) is 5.60. The summed E-state index contributed by atoms with van der Waals surface area (Å²) in [6.07, 6.45) is 0. The number of carboxylic acid groups (broad SMARTS) is 1. The summed E-state index contributed by atoms with van der Waals surface area (Å²) in [4.78, 5) is 47.7. The molecule has 0 aliphatic rings. The summed E-state index contributed by atoms with van der Waals surface area (Å²) in [6, 6.07) is 56.1. The van der Waals surface area contributed by atoms with Crippen LogP contribution in [0.3, 0.4) is 0 Å². The van der Waals surface area contributed by atoms with Crippen LogP contribution in [0.25, 0.3) is 44.5 Å². The smallest absolute Gasteiger partial charge is 0.338 e. The Morgan fingerprint density at radius 2 is 0.871 bits per heavy atom. The van der Waals surface area contributed by atoms with Crippen LogP contribution in [0.15, 0.2) is 182 Å². The summed E-state index contributed by atoms with van der Waals surface area (Å²) in [7, 11) is 0. The Kier molecular flexibility index (Phi) is 16.8. The van der Waals surface area contributed by atoms with E-state index in [-0.39, 0.29) is 24.0 Å². The van der Waals surface area contributed by atoms with E-state index in [4.69, 9.17) is 37.4 Å². The number of nitrogens with one attached hydrogen (secondary N) is 2. The molecule has 2 amide bonds. The zero-order valence-electron chi connectivity index (χ0n) is 38.5. The highest BCUT2D eigenvalue weighted by molar-refractivity contribution is 6.31. The van der Waals surface area contributed by atoms with Crippen LogP contribution in [0.1, 0.15) is 52.6 Å². The normalized spacial score (nSPS) is 10.5. The lowest BCUT2D eigenvalue weighted by Crippen LogP contribution is -2.09.